The zero-order valence-corrected chi connectivity index (χ0v) is 20.9. The van der Waals surface area contributed by atoms with Gasteiger partial charge < -0.3 is 25.9 Å². The fourth-order valence-corrected chi connectivity index (χ4v) is 3.71. The maximum atomic E-state index is 11.9. The lowest BCUT2D eigenvalue weighted by atomic mass is 10.0. The molecular weight excluding hydrogens is 520 g/mol. The lowest BCUT2D eigenvalue weighted by Gasteiger charge is -2.18. The number of primary amides is 1. The highest BCUT2D eigenvalue weighted by Crippen LogP contribution is 2.19. The van der Waals surface area contributed by atoms with E-state index in [0.29, 0.717) is 17.8 Å². The van der Waals surface area contributed by atoms with Crippen LogP contribution >= 0.6 is 15.9 Å². The highest BCUT2D eigenvalue weighted by molar-refractivity contribution is 9.10. The normalized spacial score (nSPS) is 14.8. The minimum atomic E-state index is -0.934. The number of aromatic nitrogens is 1. The molecule has 0 radical (unpaired) electrons. The van der Waals surface area contributed by atoms with Gasteiger partial charge in [0.2, 0.25) is 5.91 Å². The van der Waals surface area contributed by atoms with Gasteiger partial charge in [-0.15, -0.1) is 0 Å². The number of nitrogens with two attached hydrogens (primary N) is 1. The molecule has 3 rings (SSSR count). The molecule has 1 saturated heterocycles. The van der Waals surface area contributed by atoms with E-state index in [9.17, 15) is 19.2 Å². The number of carbonyl (C=O) groups is 4. The number of carbonyl (C=O) groups excluding carboxylic acids is 4. The number of halogens is 1. The van der Waals surface area contributed by atoms with Gasteiger partial charge in [0.1, 0.15) is 22.4 Å². The minimum absolute atomic E-state index is 0.0105. The summed E-state index contributed by atoms with van der Waals surface area (Å²) in [5, 5.41) is 13.1. The van der Waals surface area contributed by atoms with Crippen LogP contribution in [0.3, 0.4) is 0 Å². The molecule has 1 atom stereocenters. The third-order valence-electron chi connectivity index (χ3n) is 5.12. The van der Waals surface area contributed by atoms with Crippen molar-refractivity contribution in [1.29, 1.82) is 5.41 Å². The quantitative estimate of drug-likeness (QED) is 0.168. The van der Waals surface area contributed by atoms with E-state index in [0.717, 1.165) is 24.0 Å². The summed E-state index contributed by atoms with van der Waals surface area (Å²) in [6, 6.07) is 9.70. The summed E-state index contributed by atoms with van der Waals surface area (Å²) in [6.07, 6.45) is 2.64. The van der Waals surface area contributed by atoms with Gasteiger partial charge in [-0.1, -0.05) is 6.07 Å². The van der Waals surface area contributed by atoms with E-state index >= 15 is 0 Å². The first-order chi connectivity index (χ1) is 16.7. The SMILES string of the molecule is CN1CCCC1C(=O)Nc1cccc(Br)n1.COC(=O)c1ccc(NCC=O)c(C(=N)C(N)=O)c1. The number of hydrogen-bond donors (Lipinski definition) is 4. The van der Waals surface area contributed by atoms with E-state index in [2.05, 4.69) is 41.2 Å². The van der Waals surface area contributed by atoms with Gasteiger partial charge in [-0.05, 0) is 72.7 Å². The van der Waals surface area contributed by atoms with Crippen LogP contribution in [0.1, 0.15) is 28.8 Å². The molecule has 186 valence electrons. The molecule has 0 spiro atoms. The van der Waals surface area contributed by atoms with Crippen molar-refractivity contribution in [2.75, 3.05) is 37.9 Å². The van der Waals surface area contributed by atoms with Gasteiger partial charge in [0.25, 0.3) is 5.91 Å². The van der Waals surface area contributed by atoms with E-state index < -0.39 is 17.6 Å². The number of likely N-dealkylation sites (N-methyl/N-ethyl adjacent to an activating group) is 1. The molecule has 1 aliphatic heterocycles. The first kappa shape index (κ1) is 27.6. The Labute approximate surface area is 211 Å². The van der Waals surface area contributed by atoms with Crippen LogP contribution in [-0.2, 0) is 19.1 Å². The van der Waals surface area contributed by atoms with Crippen molar-refractivity contribution in [3.05, 3.63) is 52.1 Å². The van der Waals surface area contributed by atoms with Crippen molar-refractivity contribution in [2.45, 2.75) is 18.9 Å². The number of esters is 1. The molecule has 35 heavy (non-hydrogen) atoms. The monoisotopic (exact) mass is 546 g/mol. The molecule has 1 aliphatic rings. The number of benzene rings is 1. The number of likely N-dealkylation sites (tertiary alicyclic amines) is 1. The molecule has 0 bridgehead atoms. The van der Waals surface area contributed by atoms with Crippen LogP contribution in [0.2, 0.25) is 0 Å². The van der Waals surface area contributed by atoms with Crippen LogP contribution < -0.4 is 16.4 Å². The van der Waals surface area contributed by atoms with E-state index in [1.807, 2.05) is 19.2 Å². The van der Waals surface area contributed by atoms with Crippen LogP contribution in [0.15, 0.2) is 41.0 Å². The summed E-state index contributed by atoms with van der Waals surface area (Å²) in [6.45, 7) is 1.00. The molecule has 1 aromatic heterocycles. The Kier molecular flexibility index (Phi) is 10.5. The average Bonchev–Trinajstić information content (AvgIpc) is 3.28. The molecule has 1 fully saturated rings. The van der Waals surface area contributed by atoms with Crippen LogP contribution in [0.4, 0.5) is 11.5 Å². The number of hydrogen-bond acceptors (Lipinski definition) is 9. The van der Waals surface area contributed by atoms with Crippen molar-refractivity contribution < 1.29 is 23.9 Å². The summed E-state index contributed by atoms with van der Waals surface area (Å²) < 4.78 is 5.28. The molecule has 11 nitrogen and oxygen atoms in total. The second-order valence-corrected chi connectivity index (χ2v) is 8.32. The molecule has 2 amide bonds. The Hall–Kier alpha value is -3.64. The van der Waals surface area contributed by atoms with E-state index in [-0.39, 0.29) is 29.6 Å². The van der Waals surface area contributed by atoms with Gasteiger partial charge in [0, 0.05) is 11.3 Å². The first-order valence-corrected chi connectivity index (χ1v) is 11.4. The van der Waals surface area contributed by atoms with Crippen LogP contribution in [0.5, 0.6) is 0 Å². The summed E-state index contributed by atoms with van der Waals surface area (Å²) in [7, 11) is 3.20. The average molecular weight is 547 g/mol. The maximum Gasteiger partial charge on any atom is 0.337 e. The second-order valence-electron chi connectivity index (χ2n) is 7.51. The number of anilines is 2. The van der Waals surface area contributed by atoms with Gasteiger partial charge in [0.05, 0.1) is 25.3 Å². The van der Waals surface area contributed by atoms with Gasteiger partial charge >= 0.3 is 5.97 Å². The summed E-state index contributed by atoms with van der Waals surface area (Å²) in [5.74, 6) is -0.901. The minimum Gasteiger partial charge on any atom is -0.465 e. The van der Waals surface area contributed by atoms with E-state index in [1.165, 1.54) is 25.3 Å². The van der Waals surface area contributed by atoms with Crippen molar-refractivity contribution in [1.82, 2.24) is 9.88 Å². The standard InChI is InChI=1S/C12H13N3O4.C11H14BrN3O/c1-19-12(18)7-2-3-9(15-4-5-16)8(6-7)10(13)11(14)17;1-15-7-3-4-8(15)11(16)14-10-6-2-5-9(12)13-10/h2-3,5-6,13,15H,4H2,1H3,(H2,14,17);2,5-6,8H,3-4,7H2,1H3,(H,13,14,16). The number of methoxy groups -OCH3 is 1. The van der Waals surface area contributed by atoms with Gasteiger partial charge in [-0.25, -0.2) is 9.78 Å². The van der Waals surface area contributed by atoms with Crippen molar-refractivity contribution in [2.24, 2.45) is 5.73 Å². The molecule has 1 aromatic carbocycles. The number of ether oxygens (including phenoxy) is 1. The molecule has 0 aliphatic carbocycles. The van der Waals surface area contributed by atoms with E-state index in [4.69, 9.17) is 11.1 Å². The van der Waals surface area contributed by atoms with Gasteiger partial charge in [0.15, 0.2) is 0 Å². The van der Waals surface area contributed by atoms with Crippen LogP contribution in [-0.4, -0.2) is 73.0 Å². The number of nitrogens with zero attached hydrogens (tertiary/aromatic N) is 2. The van der Waals surface area contributed by atoms with Crippen molar-refractivity contribution in [3.63, 3.8) is 0 Å². The number of rotatable bonds is 8. The zero-order valence-electron chi connectivity index (χ0n) is 19.3. The Bertz CT molecular complexity index is 1110. The number of nitrogens with one attached hydrogen (secondary N) is 3. The van der Waals surface area contributed by atoms with Gasteiger partial charge in [-0.3, -0.25) is 19.9 Å². The molecule has 12 heteroatoms. The largest absolute Gasteiger partial charge is 0.465 e. The number of amides is 2. The lowest BCUT2D eigenvalue weighted by molar-refractivity contribution is -0.120. The lowest BCUT2D eigenvalue weighted by Crippen LogP contribution is -2.37. The van der Waals surface area contributed by atoms with E-state index in [1.54, 1.807) is 6.07 Å². The topological polar surface area (TPSA) is 168 Å². The predicted molar refractivity (Wildman–Crippen MR) is 135 cm³/mol. The molecule has 2 aromatic rings. The Morgan fingerprint density at radius 2 is 2.06 bits per heavy atom. The second kappa shape index (κ2) is 13.3. The predicted octanol–water partition coefficient (Wildman–Crippen LogP) is 1.81. The third-order valence-corrected chi connectivity index (χ3v) is 5.56. The maximum absolute atomic E-state index is 11.9. The van der Waals surface area contributed by atoms with Crippen LogP contribution in [0, 0.1) is 5.41 Å². The molecular formula is C23H27BrN6O5. The summed E-state index contributed by atoms with van der Waals surface area (Å²) in [5.41, 5.74) is 5.27. The van der Waals surface area contributed by atoms with Crippen LogP contribution in [0.25, 0.3) is 0 Å². The summed E-state index contributed by atoms with van der Waals surface area (Å²) in [4.78, 5) is 51.0. The third kappa shape index (κ3) is 7.97. The molecule has 2 heterocycles. The Balaban J connectivity index is 0.000000250. The molecule has 1 unspecified atom stereocenters. The highest BCUT2D eigenvalue weighted by Gasteiger charge is 2.27. The smallest absolute Gasteiger partial charge is 0.337 e. The number of pyridine rings is 1. The number of aldehydes is 1. The summed E-state index contributed by atoms with van der Waals surface area (Å²) >= 11 is 3.27. The van der Waals surface area contributed by atoms with Crippen molar-refractivity contribution >= 4 is 57.2 Å². The first-order valence-electron chi connectivity index (χ1n) is 10.6. The fourth-order valence-electron chi connectivity index (χ4n) is 3.36. The molecule has 5 N–H and O–H groups in total. The Morgan fingerprint density at radius 3 is 2.63 bits per heavy atom. The fraction of sp³-hybridized carbons (Fsp3) is 0.304. The van der Waals surface area contributed by atoms with Gasteiger partial charge in [-0.2, -0.15) is 0 Å². The highest BCUT2D eigenvalue weighted by atomic mass is 79.9. The van der Waals surface area contributed by atoms with Crippen molar-refractivity contribution in [3.8, 4) is 0 Å². The molecule has 0 saturated carbocycles. The Morgan fingerprint density at radius 1 is 1.31 bits per heavy atom. The zero-order chi connectivity index (χ0) is 26.0.